The maximum Gasteiger partial charge on any atom is 0.178 e. The molecular formula is C47H51NO2. The molecule has 5 aromatic carbocycles. The molecule has 1 saturated carbocycles. The first-order valence-electron chi connectivity index (χ1n) is 19.1. The SMILES string of the molecule is CC.COc1ccc2c3c(c4c(c2c1)OC(c1ccccc1)(c1ccc(N2CCCCC2)cc1)C=C4)C(C)(C1CCC(C)C1)c1ccccc1-3. The van der Waals surface area contributed by atoms with Crippen LogP contribution in [-0.4, -0.2) is 20.2 Å². The second kappa shape index (κ2) is 13.0. The van der Waals surface area contributed by atoms with Crippen LogP contribution < -0.4 is 14.4 Å². The van der Waals surface area contributed by atoms with E-state index in [0.717, 1.165) is 47.0 Å². The Morgan fingerprint density at radius 2 is 1.50 bits per heavy atom. The van der Waals surface area contributed by atoms with Gasteiger partial charge in [-0.3, -0.25) is 0 Å². The molecule has 0 spiro atoms. The summed E-state index contributed by atoms with van der Waals surface area (Å²) in [5.74, 6) is 3.12. The van der Waals surface area contributed by atoms with Crippen LogP contribution in [0.4, 0.5) is 5.69 Å². The fourth-order valence-corrected chi connectivity index (χ4v) is 9.75. The second-order valence-electron chi connectivity index (χ2n) is 14.9. The van der Waals surface area contributed by atoms with E-state index in [1.807, 2.05) is 13.8 Å². The van der Waals surface area contributed by atoms with Crippen molar-refractivity contribution in [3.8, 4) is 22.6 Å². The van der Waals surface area contributed by atoms with Gasteiger partial charge < -0.3 is 14.4 Å². The van der Waals surface area contributed by atoms with E-state index in [0.29, 0.717) is 5.92 Å². The summed E-state index contributed by atoms with van der Waals surface area (Å²) >= 11 is 0. The lowest BCUT2D eigenvalue weighted by Gasteiger charge is -2.40. The first kappa shape index (κ1) is 32.7. The van der Waals surface area contributed by atoms with Gasteiger partial charge in [0.1, 0.15) is 11.5 Å². The molecule has 0 N–H and O–H groups in total. The van der Waals surface area contributed by atoms with Crippen LogP contribution in [0.5, 0.6) is 11.5 Å². The van der Waals surface area contributed by atoms with Gasteiger partial charge in [0.05, 0.1) is 7.11 Å². The number of fused-ring (bicyclic) bond motifs is 8. The zero-order valence-corrected chi connectivity index (χ0v) is 30.5. The number of ether oxygens (including phenoxy) is 2. The van der Waals surface area contributed by atoms with Gasteiger partial charge in [-0.1, -0.05) is 107 Å². The number of hydrogen-bond acceptors (Lipinski definition) is 3. The predicted octanol–water partition coefficient (Wildman–Crippen LogP) is 11.9. The fraction of sp³-hybridized carbons (Fsp3) is 0.362. The fourth-order valence-electron chi connectivity index (χ4n) is 9.75. The van der Waals surface area contributed by atoms with Gasteiger partial charge in [-0.05, 0) is 108 Å². The lowest BCUT2D eigenvalue weighted by Crippen LogP contribution is -2.36. The molecule has 4 unspecified atom stereocenters. The Bertz CT molecular complexity index is 2040. The zero-order valence-electron chi connectivity index (χ0n) is 30.5. The molecule has 9 rings (SSSR count). The van der Waals surface area contributed by atoms with Gasteiger partial charge in [-0.2, -0.15) is 0 Å². The van der Waals surface area contributed by atoms with Crippen molar-refractivity contribution in [2.24, 2.45) is 11.8 Å². The number of benzene rings is 5. The van der Waals surface area contributed by atoms with Gasteiger partial charge in [-0.25, -0.2) is 0 Å². The molecule has 0 radical (unpaired) electrons. The molecule has 2 aliphatic heterocycles. The van der Waals surface area contributed by atoms with E-state index < -0.39 is 5.60 Å². The normalized spacial score (nSPS) is 24.9. The standard InChI is InChI=1S/C45H45NO2.C2H6/c1-30-16-17-33(28-30)44(2)40-15-9-8-14-37(40)41-36-23-22-35(47-3)29-39(36)43-38(42(41)44)24-25-45(48-43,31-12-6-4-7-13-31)32-18-20-34(21-19-32)46-26-10-5-11-27-46;1-2/h4,6-9,12-15,18-25,29-30,33H,5,10-11,16-17,26-28H2,1-3H3;1-2H3. The molecule has 1 saturated heterocycles. The molecule has 4 aliphatic rings. The molecular weight excluding hydrogens is 611 g/mol. The largest absolute Gasteiger partial charge is 0.497 e. The van der Waals surface area contributed by atoms with Gasteiger partial charge in [0, 0.05) is 46.3 Å². The van der Waals surface area contributed by atoms with Crippen molar-refractivity contribution >= 4 is 22.5 Å². The Morgan fingerprint density at radius 1 is 0.780 bits per heavy atom. The highest BCUT2D eigenvalue weighted by Crippen LogP contribution is 2.62. The van der Waals surface area contributed by atoms with E-state index in [2.05, 4.69) is 128 Å². The van der Waals surface area contributed by atoms with Crippen molar-refractivity contribution < 1.29 is 9.47 Å². The number of hydrogen-bond donors (Lipinski definition) is 0. The minimum Gasteiger partial charge on any atom is -0.497 e. The second-order valence-corrected chi connectivity index (χ2v) is 14.9. The third-order valence-corrected chi connectivity index (χ3v) is 12.3. The highest BCUT2D eigenvalue weighted by molar-refractivity contribution is 6.09. The van der Waals surface area contributed by atoms with Crippen LogP contribution in [0.1, 0.15) is 94.0 Å². The Balaban J connectivity index is 0.00000177. The summed E-state index contributed by atoms with van der Waals surface area (Å²) in [6, 6.07) is 35.7. The topological polar surface area (TPSA) is 21.7 Å². The maximum absolute atomic E-state index is 7.64. The first-order valence-corrected chi connectivity index (χ1v) is 19.1. The minimum absolute atomic E-state index is 0.106. The molecule has 256 valence electrons. The van der Waals surface area contributed by atoms with Crippen molar-refractivity contribution in [3.05, 3.63) is 131 Å². The highest BCUT2D eigenvalue weighted by Gasteiger charge is 2.50. The van der Waals surface area contributed by atoms with E-state index in [1.54, 1.807) is 7.11 Å². The van der Waals surface area contributed by atoms with Crippen LogP contribution in [0.3, 0.4) is 0 Å². The van der Waals surface area contributed by atoms with Crippen molar-refractivity contribution in [2.75, 3.05) is 25.1 Å². The average molecular weight is 662 g/mol. The van der Waals surface area contributed by atoms with E-state index in [4.69, 9.17) is 9.47 Å². The monoisotopic (exact) mass is 661 g/mol. The summed E-state index contributed by atoms with van der Waals surface area (Å²) < 4.78 is 13.5. The van der Waals surface area contributed by atoms with E-state index >= 15 is 0 Å². The average Bonchev–Trinajstić information content (AvgIpc) is 3.75. The van der Waals surface area contributed by atoms with Crippen molar-refractivity contribution in [1.29, 1.82) is 0 Å². The predicted molar refractivity (Wildman–Crippen MR) is 210 cm³/mol. The van der Waals surface area contributed by atoms with Crippen molar-refractivity contribution in [1.82, 2.24) is 0 Å². The summed E-state index contributed by atoms with van der Waals surface area (Å²) in [6.07, 6.45) is 12.4. The molecule has 5 aromatic rings. The maximum atomic E-state index is 7.64. The summed E-state index contributed by atoms with van der Waals surface area (Å²) in [7, 11) is 1.76. The molecule has 2 heterocycles. The lowest BCUT2D eigenvalue weighted by molar-refractivity contribution is 0.163. The summed E-state index contributed by atoms with van der Waals surface area (Å²) in [4.78, 5) is 2.53. The summed E-state index contributed by atoms with van der Waals surface area (Å²) in [6.45, 7) is 11.2. The third kappa shape index (κ3) is 4.99. The van der Waals surface area contributed by atoms with Gasteiger partial charge in [-0.15, -0.1) is 0 Å². The van der Waals surface area contributed by atoms with Crippen LogP contribution >= 0.6 is 0 Å². The Labute approximate surface area is 298 Å². The highest BCUT2D eigenvalue weighted by atomic mass is 16.5. The Kier molecular flexibility index (Phi) is 8.50. The Hall–Kier alpha value is -4.50. The molecule has 0 aromatic heterocycles. The smallest absolute Gasteiger partial charge is 0.178 e. The van der Waals surface area contributed by atoms with Crippen LogP contribution in [0.15, 0.2) is 103 Å². The Morgan fingerprint density at radius 3 is 2.22 bits per heavy atom. The molecule has 0 amide bonds. The third-order valence-electron chi connectivity index (χ3n) is 12.3. The van der Waals surface area contributed by atoms with Gasteiger partial charge in [0.15, 0.2) is 5.60 Å². The van der Waals surface area contributed by atoms with Crippen molar-refractivity contribution in [3.63, 3.8) is 0 Å². The summed E-state index contributed by atoms with van der Waals surface area (Å²) in [5, 5.41) is 2.35. The number of rotatable bonds is 5. The first-order chi connectivity index (χ1) is 24.5. The van der Waals surface area contributed by atoms with Crippen LogP contribution in [0, 0.1) is 11.8 Å². The zero-order chi connectivity index (χ0) is 34.5. The minimum atomic E-state index is -0.775. The molecule has 2 fully saturated rings. The van der Waals surface area contributed by atoms with E-state index in [-0.39, 0.29) is 5.41 Å². The van der Waals surface area contributed by atoms with Crippen LogP contribution in [0.25, 0.3) is 28.0 Å². The quantitative estimate of drug-likeness (QED) is 0.187. The van der Waals surface area contributed by atoms with Gasteiger partial charge in [0.25, 0.3) is 0 Å². The van der Waals surface area contributed by atoms with E-state index in [1.165, 1.54) is 77.4 Å². The van der Waals surface area contributed by atoms with Crippen LogP contribution in [-0.2, 0) is 11.0 Å². The van der Waals surface area contributed by atoms with Crippen molar-refractivity contribution in [2.45, 2.75) is 77.2 Å². The number of nitrogens with zero attached hydrogens (tertiary/aromatic N) is 1. The molecule has 2 aliphatic carbocycles. The van der Waals surface area contributed by atoms with Gasteiger partial charge >= 0.3 is 0 Å². The summed E-state index contributed by atoms with van der Waals surface area (Å²) in [5.41, 5.74) is 9.56. The van der Waals surface area contributed by atoms with Crippen LogP contribution in [0.2, 0.25) is 0 Å². The molecule has 3 heteroatoms. The number of anilines is 1. The molecule has 3 nitrogen and oxygen atoms in total. The van der Waals surface area contributed by atoms with Gasteiger partial charge in [0.2, 0.25) is 0 Å². The molecule has 50 heavy (non-hydrogen) atoms. The van der Waals surface area contributed by atoms with E-state index in [9.17, 15) is 0 Å². The lowest BCUT2D eigenvalue weighted by atomic mass is 9.67. The molecule has 0 bridgehead atoms. The number of methoxy groups -OCH3 is 1. The molecule has 4 atom stereocenters. The number of piperidine rings is 1.